The summed E-state index contributed by atoms with van der Waals surface area (Å²) in [6.07, 6.45) is 5.32. The second-order valence-electron chi connectivity index (χ2n) is 5.52. The molecular formula is C19H17BrN4S. The van der Waals surface area contributed by atoms with Crippen LogP contribution >= 0.6 is 27.3 Å². The Balaban J connectivity index is 2.08. The summed E-state index contributed by atoms with van der Waals surface area (Å²) in [7, 11) is 0. The minimum absolute atomic E-state index is 0.587. The number of aromatic nitrogens is 2. The number of hydrogen-bond acceptors (Lipinski definition) is 4. The van der Waals surface area contributed by atoms with Crippen LogP contribution in [0.1, 0.15) is 12.5 Å². The van der Waals surface area contributed by atoms with E-state index in [1.165, 1.54) is 0 Å². The summed E-state index contributed by atoms with van der Waals surface area (Å²) < 4.78 is 2.90. The van der Waals surface area contributed by atoms with Crippen molar-refractivity contribution in [3.05, 3.63) is 81.2 Å². The van der Waals surface area contributed by atoms with Crippen molar-refractivity contribution in [1.29, 1.82) is 0 Å². The smallest absolute Gasteiger partial charge is 0.206 e. The molecule has 3 rings (SSSR count). The predicted molar refractivity (Wildman–Crippen MR) is 108 cm³/mol. The van der Waals surface area contributed by atoms with Gasteiger partial charge in [0.25, 0.3) is 0 Å². The second-order valence-corrected chi connectivity index (χ2v) is 7.28. The molecule has 0 amide bonds. The number of nitrogens with zero attached hydrogens (tertiary/aromatic N) is 4. The average Bonchev–Trinajstić information content (AvgIpc) is 3.02. The van der Waals surface area contributed by atoms with Crippen molar-refractivity contribution in [2.75, 3.05) is 6.54 Å². The average molecular weight is 413 g/mol. The molecule has 0 bridgehead atoms. The molecule has 6 heteroatoms. The number of pyridine rings is 1. The third-order valence-corrected chi connectivity index (χ3v) is 4.67. The first-order valence-corrected chi connectivity index (χ1v) is 9.36. The number of hydrogen-bond donors (Lipinski definition) is 0. The van der Waals surface area contributed by atoms with Crippen LogP contribution < -0.4 is 4.80 Å². The van der Waals surface area contributed by atoms with Crippen LogP contribution in [0.15, 0.2) is 80.9 Å². The standard InChI is InChI=1S/C19H17BrN4S/c1-14(2)11-22-19-24(23-12-15-6-8-21-9-7-15)18(13-25-19)16-4-3-5-17(20)10-16/h3-10,12-13H,1,11H2,2H3. The minimum Gasteiger partial charge on any atom is -0.265 e. The fourth-order valence-electron chi connectivity index (χ4n) is 2.14. The first-order chi connectivity index (χ1) is 12.1. The molecule has 3 aromatic rings. The highest BCUT2D eigenvalue weighted by Gasteiger charge is 2.07. The number of halogens is 1. The molecule has 126 valence electrons. The normalized spacial score (nSPS) is 12.0. The Morgan fingerprint density at radius 3 is 2.84 bits per heavy atom. The topological polar surface area (TPSA) is 42.5 Å². The molecule has 0 atom stereocenters. The van der Waals surface area contributed by atoms with Gasteiger partial charge in [-0.15, -0.1) is 11.3 Å². The lowest BCUT2D eigenvalue weighted by Crippen LogP contribution is -2.13. The van der Waals surface area contributed by atoms with Crippen LogP contribution in [-0.4, -0.2) is 22.4 Å². The lowest BCUT2D eigenvalue weighted by atomic mass is 10.2. The zero-order valence-corrected chi connectivity index (χ0v) is 16.2. The van der Waals surface area contributed by atoms with E-state index in [0.29, 0.717) is 6.54 Å². The summed E-state index contributed by atoms with van der Waals surface area (Å²) in [5.74, 6) is 0. The molecular weight excluding hydrogens is 396 g/mol. The van der Waals surface area contributed by atoms with Gasteiger partial charge in [0, 0.05) is 27.8 Å². The molecule has 2 aromatic heterocycles. The van der Waals surface area contributed by atoms with Crippen LogP contribution in [0.3, 0.4) is 0 Å². The number of thiazole rings is 1. The second kappa shape index (κ2) is 8.18. The van der Waals surface area contributed by atoms with E-state index < -0.39 is 0 Å². The Hall–Kier alpha value is -2.31. The van der Waals surface area contributed by atoms with E-state index in [2.05, 4.69) is 55.1 Å². The monoisotopic (exact) mass is 412 g/mol. The summed E-state index contributed by atoms with van der Waals surface area (Å²) in [5, 5.41) is 6.73. The van der Waals surface area contributed by atoms with Crippen molar-refractivity contribution >= 4 is 33.5 Å². The molecule has 0 radical (unpaired) electrons. The SMILES string of the molecule is C=C(C)CN=c1scc(-c2cccc(Br)c2)n1N=Cc1ccncc1. The van der Waals surface area contributed by atoms with Crippen molar-refractivity contribution in [3.8, 4) is 11.3 Å². The molecule has 0 aliphatic carbocycles. The van der Waals surface area contributed by atoms with Crippen molar-refractivity contribution < 1.29 is 0 Å². The van der Waals surface area contributed by atoms with Crippen LogP contribution in [0.5, 0.6) is 0 Å². The summed E-state index contributed by atoms with van der Waals surface area (Å²) in [5.41, 5.74) is 4.08. The number of benzene rings is 1. The van der Waals surface area contributed by atoms with Crippen molar-refractivity contribution in [2.24, 2.45) is 10.1 Å². The van der Waals surface area contributed by atoms with Gasteiger partial charge in [-0.05, 0) is 36.8 Å². The van der Waals surface area contributed by atoms with Gasteiger partial charge in [0.1, 0.15) is 0 Å². The van der Waals surface area contributed by atoms with Gasteiger partial charge in [-0.1, -0.05) is 40.2 Å². The van der Waals surface area contributed by atoms with E-state index in [4.69, 9.17) is 0 Å². The van der Waals surface area contributed by atoms with Gasteiger partial charge in [-0.25, -0.2) is 4.68 Å². The van der Waals surface area contributed by atoms with E-state index >= 15 is 0 Å². The fourth-order valence-corrected chi connectivity index (χ4v) is 3.38. The highest BCUT2D eigenvalue weighted by molar-refractivity contribution is 9.10. The van der Waals surface area contributed by atoms with E-state index in [0.717, 1.165) is 31.7 Å². The van der Waals surface area contributed by atoms with Gasteiger partial charge in [-0.3, -0.25) is 9.98 Å². The molecule has 25 heavy (non-hydrogen) atoms. The zero-order chi connectivity index (χ0) is 17.6. The van der Waals surface area contributed by atoms with Crippen LogP contribution in [0.2, 0.25) is 0 Å². The van der Waals surface area contributed by atoms with E-state index in [9.17, 15) is 0 Å². The molecule has 4 nitrogen and oxygen atoms in total. The van der Waals surface area contributed by atoms with E-state index in [1.807, 2.05) is 42.1 Å². The molecule has 0 unspecified atom stereocenters. The molecule has 0 fully saturated rings. The van der Waals surface area contributed by atoms with Crippen molar-refractivity contribution in [2.45, 2.75) is 6.92 Å². The van der Waals surface area contributed by atoms with Gasteiger partial charge >= 0.3 is 0 Å². The molecule has 1 aromatic carbocycles. The molecule has 0 spiro atoms. The summed E-state index contributed by atoms with van der Waals surface area (Å²) in [6, 6.07) is 12.0. The molecule has 0 aliphatic rings. The maximum Gasteiger partial charge on any atom is 0.206 e. The minimum atomic E-state index is 0.587. The van der Waals surface area contributed by atoms with Crippen LogP contribution in [0.25, 0.3) is 11.3 Å². The number of rotatable bonds is 5. The molecule has 0 N–H and O–H groups in total. The van der Waals surface area contributed by atoms with Crippen molar-refractivity contribution in [1.82, 2.24) is 9.66 Å². The molecule has 0 aliphatic heterocycles. The Morgan fingerprint density at radius 1 is 1.32 bits per heavy atom. The summed E-state index contributed by atoms with van der Waals surface area (Å²) in [4.78, 5) is 9.50. The fraction of sp³-hybridized carbons (Fsp3) is 0.105. The largest absolute Gasteiger partial charge is 0.265 e. The lowest BCUT2D eigenvalue weighted by Gasteiger charge is -2.04. The Morgan fingerprint density at radius 2 is 2.12 bits per heavy atom. The van der Waals surface area contributed by atoms with E-state index in [-0.39, 0.29) is 0 Å². The Bertz CT molecular complexity index is 970. The predicted octanol–water partition coefficient (Wildman–Crippen LogP) is 4.73. The summed E-state index contributed by atoms with van der Waals surface area (Å²) >= 11 is 5.10. The highest BCUT2D eigenvalue weighted by atomic mass is 79.9. The molecule has 2 heterocycles. The lowest BCUT2D eigenvalue weighted by molar-refractivity contribution is 0.836. The zero-order valence-electron chi connectivity index (χ0n) is 13.8. The van der Waals surface area contributed by atoms with Crippen LogP contribution in [0.4, 0.5) is 0 Å². The van der Waals surface area contributed by atoms with Crippen LogP contribution in [0, 0.1) is 0 Å². The molecule has 0 saturated heterocycles. The maximum absolute atomic E-state index is 4.66. The van der Waals surface area contributed by atoms with Gasteiger partial charge in [-0.2, -0.15) is 5.10 Å². The quantitative estimate of drug-likeness (QED) is 0.440. The van der Waals surface area contributed by atoms with Gasteiger partial charge in [0.15, 0.2) is 0 Å². The third-order valence-electron chi connectivity index (χ3n) is 3.32. The molecule has 0 saturated carbocycles. The Kier molecular flexibility index (Phi) is 5.73. The Labute approximate surface area is 159 Å². The summed E-state index contributed by atoms with van der Waals surface area (Å²) in [6.45, 7) is 6.48. The first kappa shape index (κ1) is 17.5. The van der Waals surface area contributed by atoms with E-state index in [1.54, 1.807) is 23.7 Å². The van der Waals surface area contributed by atoms with Crippen LogP contribution in [-0.2, 0) is 0 Å². The first-order valence-electron chi connectivity index (χ1n) is 7.69. The van der Waals surface area contributed by atoms with Gasteiger partial charge in [0.05, 0.1) is 18.5 Å². The maximum atomic E-state index is 4.66. The van der Waals surface area contributed by atoms with Gasteiger partial charge in [0.2, 0.25) is 4.80 Å². The third kappa shape index (κ3) is 4.61. The highest BCUT2D eigenvalue weighted by Crippen LogP contribution is 2.23. The van der Waals surface area contributed by atoms with Gasteiger partial charge < -0.3 is 0 Å². The van der Waals surface area contributed by atoms with Crippen molar-refractivity contribution in [3.63, 3.8) is 0 Å².